The fourth-order valence-corrected chi connectivity index (χ4v) is 5.09. The zero-order chi connectivity index (χ0) is 50.2. The highest BCUT2D eigenvalue weighted by Crippen LogP contribution is 2.41. The molecule has 0 heterocycles. The van der Waals surface area contributed by atoms with Crippen LogP contribution in [0.4, 0.5) is 0 Å². The normalized spacial score (nSPS) is 20.5. The minimum absolute atomic E-state index is 0.507. The quantitative estimate of drug-likeness (QED) is 0.147. The Kier molecular flexibility index (Phi) is 1.99. The predicted molar refractivity (Wildman–Crippen MR) is 182 cm³/mol. The third kappa shape index (κ3) is 3.49. The van der Waals surface area contributed by atoms with Gasteiger partial charge in [-0.1, -0.05) is 133 Å². The van der Waals surface area contributed by atoms with Crippen molar-refractivity contribution < 1.29 is 35.6 Å². The minimum Gasteiger partial charge on any atom is -0.0616 e. The van der Waals surface area contributed by atoms with Crippen LogP contribution in [-0.4, -0.2) is 0 Å². The average Bonchev–Trinajstić information content (AvgIpc) is 3.30. The first-order valence-electron chi connectivity index (χ1n) is 25.5. The molecule has 9 rings (SSSR count). The van der Waals surface area contributed by atoms with E-state index in [-0.39, 0.29) is 0 Å². The SMILES string of the molecule is [2H]c1c([2H])c(-c2c3c([2H])c([2H])c([2H])c([2H])c3c([2H])c3c2c([2H])c([2H])c2c([2H])c([2H])c([2H])c([2H])c23)c([2H])c([2H])c1-c1c([2H])c2c([2H])c3c([2H])c([2H])c([2H])c([2H])c3c([2H])c2c2c([2H])c([2H])c([2H])c([2H])c12. The molecule has 0 radical (unpaired) electrons. The van der Waals surface area contributed by atoms with Crippen molar-refractivity contribution in [2.75, 3.05) is 0 Å². The number of hydrogen-bond acceptors (Lipinski definition) is 0. The first kappa shape index (κ1) is 9.28. The van der Waals surface area contributed by atoms with Crippen LogP contribution in [0.1, 0.15) is 35.6 Å². The van der Waals surface area contributed by atoms with Gasteiger partial charge in [0.15, 0.2) is 0 Å². The van der Waals surface area contributed by atoms with Crippen LogP contribution in [0.2, 0.25) is 0 Å². The average molecular weight is 557 g/mol. The molecule has 0 atom stereocenters. The summed E-state index contributed by atoms with van der Waals surface area (Å²) in [4.78, 5) is 0. The Morgan fingerprint density at radius 3 is 1.64 bits per heavy atom. The van der Waals surface area contributed by atoms with Gasteiger partial charge in [0.1, 0.15) is 0 Å². The maximum absolute atomic E-state index is 9.62. The van der Waals surface area contributed by atoms with Crippen LogP contribution in [0.3, 0.4) is 0 Å². The van der Waals surface area contributed by atoms with Gasteiger partial charge in [0.2, 0.25) is 0 Å². The molecule has 0 saturated heterocycles. The van der Waals surface area contributed by atoms with E-state index in [1.807, 2.05) is 0 Å². The van der Waals surface area contributed by atoms with Crippen molar-refractivity contribution in [3.63, 3.8) is 0 Å². The molecule has 0 unspecified atom stereocenters. The van der Waals surface area contributed by atoms with Gasteiger partial charge in [-0.25, -0.2) is 0 Å². The van der Waals surface area contributed by atoms with E-state index in [2.05, 4.69) is 0 Å². The summed E-state index contributed by atoms with van der Waals surface area (Å²) in [5, 5.41) is -6.84. The van der Waals surface area contributed by atoms with E-state index >= 15 is 0 Å². The highest BCUT2D eigenvalue weighted by atomic mass is 14.2. The largest absolute Gasteiger partial charge is 0.0636 e. The second-order valence-corrected chi connectivity index (χ2v) is 9.25. The lowest BCUT2D eigenvalue weighted by Crippen LogP contribution is -1.88. The van der Waals surface area contributed by atoms with Crippen molar-refractivity contribution in [1.29, 1.82) is 0 Å². The second-order valence-electron chi connectivity index (χ2n) is 9.25. The summed E-state index contributed by atoms with van der Waals surface area (Å²) in [6.07, 6.45) is 0. The Labute approximate surface area is 280 Å². The smallest absolute Gasteiger partial charge is 0.0616 e. The summed E-state index contributed by atoms with van der Waals surface area (Å²) in [5.41, 5.74) is -3.04. The first-order valence-corrected chi connectivity index (χ1v) is 12.5. The van der Waals surface area contributed by atoms with E-state index in [1.165, 1.54) is 0 Å². The monoisotopic (exact) mass is 556 g/mol. The molecule has 9 aromatic rings. The van der Waals surface area contributed by atoms with Gasteiger partial charge < -0.3 is 0 Å². The van der Waals surface area contributed by atoms with Crippen molar-refractivity contribution in [2.45, 2.75) is 0 Å². The van der Waals surface area contributed by atoms with E-state index < -0.39 is 244 Å². The molecule has 0 fully saturated rings. The summed E-state index contributed by atoms with van der Waals surface area (Å²) < 4.78 is 233. The Hall–Kier alpha value is -5.46. The van der Waals surface area contributed by atoms with Crippen LogP contribution >= 0.6 is 0 Å². The number of fused-ring (bicyclic) bond motifs is 8. The van der Waals surface area contributed by atoms with Gasteiger partial charge in [0.25, 0.3) is 0 Å². The standard InChI is InChI=1S/C42H26/c1-2-11-31-24-40-33(23-30(31)10-1)26-39(36-15-7-8-16-37(36)40)28-17-19-29(20-18-28)42-35-14-6-4-12-32(35)25-41-34-13-5-3-9-27(34)21-22-38(41)42/h1-26H/i1D,2D,3D,4D,5D,6D,7D,8D,9D,10D,11D,12D,13D,14D,15D,16D,17D,18D,19D,20D,21D,22D,23D,24D,25D,26D. The predicted octanol–water partition coefficient (Wildman–Crippen LogP) is 11.9. The molecule has 42 heavy (non-hydrogen) atoms. The fraction of sp³-hybridized carbons (Fsp3) is 0. The van der Waals surface area contributed by atoms with E-state index in [9.17, 15) is 12.3 Å². The molecule has 0 aliphatic carbocycles. The molecule has 0 spiro atoms. The Balaban J connectivity index is 1.56. The summed E-state index contributed by atoms with van der Waals surface area (Å²) in [7, 11) is 0. The molecule has 0 aliphatic heterocycles. The van der Waals surface area contributed by atoms with Crippen molar-refractivity contribution in [2.24, 2.45) is 0 Å². The number of rotatable bonds is 2. The summed E-state index contributed by atoms with van der Waals surface area (Å²) in [6, 6.07) is -22.6. The van der Waals surface area contributed by atoms with E-state index in [0.29, 0.717) is 0 Å². The molecule has 194 valence electrons. The van der Waals surface area contributed by atoms with Crippen LogP contribution in [0.15, 0.2) is 157 Å². The molecule has 0 aliphatic rings. The molecule has 9 aromatic carbocycles. The third-order valence-corrected chi connectivity index (χ3v) is 6.94. The molecular weight excluding hydrogens is 504 g/mol. The van der Waals surface area contributed by atoms with E-state index in [4.69, 9.17) is 23.3 Å². The van der Waals surface area contributed by atoms with Crippen molar-refractivity contribution in [3.05, 3.63) is 157 Å². The van der Waals surface area contributed by atoms with Gasteiger partial charge in [-0.15, -0.1) is 0 Å². The van der Waals surface area contributed by atoms with Crippen LogP contribution in [0.25, 0.3) is 86.9 Å². The summed E-state index contributed by atoms with van der Waals surface area (Å²) >= 11 is 0. The summed E-state index contributed by atoms with van der Waals surface area (Å²) in [6.45, 7) is 0. The van der Waals surface area contributed by atoms with Crippen LogP contribution < -0.4 is 0 Å². The lowest BCUT2D eigenvalue weighted by molar-refractivity contribution is 1.65. The van der Waals surface area contributed by atoms with Gasteiger partial charge in [-0.05, 0) is 111 Å². The Bertz CT molecular complexity index is 3940. The van der Waals surface area contributed by atoms with Crippen LogP contribution in [0.5, 0.6) is 0 Å². The number of benzene rings is 9. The van der Waals surface area contributed by atoms with Gasteiger partial charge in [0, 0.05) is 0 Å². The van der Waals surface area contributed by atoms with Gasteiger partial charge in [0.05, 0.1) is 35.6 Å². The fourth-order valence-electron chi connectivity index (χ4n) is 5.09. The molecule has 0 saturated carbocycles. The second kappa shape index (κ2) is 9.03. The highest BCUT2D eigenvalue weighted by Gasteiger charge is 2.14. The zero-order valence-electron chi connectivity index (χ0n) is 47.0. The maximum atomic E-state index is 9.62. The molecule has 0 N–H and O–H groups in total. The van der Waals surface area contributed by atoms with Crippen molar-refractivity contribution in [1.82, 2.24) is 0 Å². The third-order valence-electron chi connectivity index (χ3n) is 6.94. The lowest BCUT2D eigenvalue weighted by Gasteiger charge is -2.15. The number of hydrogen-bond donors (Lipinski definition) is 0. The lowest BCUT2D eigenvalue weighted by atomic mass is 9.88. The highest BCUT2D eigenvalue weighted by molar-refractivity contribution is 6.20. The topological polar surface area (TPSA) is 0 Å². The zero-order valence-corrected chi connectivity index (χ0v) is 21.0. The van der Waals surface area contributed by atoms with Gasteiger partial charge in [-0.2, -0.15) is 0 Å². The molecule has 0 nitrogen and oxygen atoms in total. The molecule has 0 amide bonds. The van der Waals surface area contributed by atoms with Gasteiger partial charge >= 0.3 is 0 Å². The Morgan fingerprint density at radius 1 is 0.286 bits per heavy atom. The first-order chi connectivity index (χ1) is 31.7. The molecule has 0 heteroatoms. The van der Waals surface area contributed by atoms with Crippen LogP contribution in [0, 0.1) is 0 Å². The van der Waals surface area contributed by atoms with E-state index in [0.717, 1.165) is 0 Å². The van der Waals surface area contributed by atoms with Crippen molar-refractivity contribution >= 4 is 64.6 Å². The van der Waals surface area contributed by atoms with Crippen LogP contribution in [-0.2, 0) is 0 Å². The molecule has 0 aromatic heterocycles. The Morgan fingerprint density at radius 2 is 0.857 bits per heavy atom. The minimum atomic E-state index is -1.07. The molecular formula is C42H26. The maximum Gasteiger partial charge on any atom is 0.0636 e. The van der Waals surface area contributed by atoms with Crippen molar-refractivity contribution in [3.8, 4) is 22.3 Å². The summed E-state index contributed by atoms with van der Waals surface area (Å²) in [5.74, 6) is 0. The molecule has 0 bridgehead atoms. The van der Waals surface area contributed by atoms with Gasteiger partial charge in [-0.3, -0.25) is 0 Å². The van der Waals surface area contributed by atoms with E-state index in [1.54, 1.807) is 0 Å².